The van der Waals surface area contributed by atoms with Crippen LogP contribution < -0.4 is 16.1 Å². The molecule has 2 amide bonds. The molecule has 0 saturated carbocycles. The molecule has 7 N–H and O–H groups in total. The van der Waals surface area contributed by atoms with Crippen LogP contribution in [0, 0.1) is 23.7 Å². The van der Waals surface area contributed by atoms with Gasteiger partial charge in [-0.1, -0.05) is 66.2 Å². The fraction of sp³-hybridized carbons (Fsp3) is 0.938. The summed E-state index contributed by atoms with van der Waals surface area (Å²) in [6.45, 7) is 19.9. The Kier molecular flexibility index (Phi) is 39.7. The first kappa shape index (κ1) is 82.8. The fourth-order valence-electron chi connectivity index (χ4n) is 12.6. The van der Waals surface area contributed by atoms with E-state index in [0.29, 0.717) is 59.0 Å². The van der Waals surface area contributed by atoms with Crippen LogP contribution in [0.15, 0.2) is 0 Å². The van der Waals surface area contributed by atoms with Gasteiger partial charge < -0.3 is 92.8 Å². The maximum absolute atomic E-state index is 14.7. The Bertz CT molecular complexity index is 2020. The summed E-state index contributed by atoms with van der Waals surface area (Å²) in [5.74, 6) is -4.09. The number of aliphatic hydroxyl groups is 4. The average molecular weight is 1330 g/mol. The Hall–Kier alpha value is -2.45. The largest absolute Gasteiger partial charge is 0.459 e. The highest BCUT2D eigenvalue weighted by atomic mass is 32.2. The Balaban J connectivity index is 1.73. The number of esters is 2. The van der Waals surface area contributed by atoms with Gasteiger partial charge in [0.1, 0.15) is 17.8 Å². The summed E-state index contributed by atoms with van der Waals surface area (Å²) >= 11 is 1.91. The van der Waals surface area contributed by atoms with E-state index in [-0.39, 0.29) is 64.6 Å². The van der Waals surface area contributed by atoms with Crippen molar-refractivity contribution in [2.24, 2.45) is 23.7 Å². The van der Waals surface area contributed by atoms with Crippen molar-refractivity contribution < 1.29 is 101 Å². The van der Waals surface area contributed by atoms with Gasteiger partial charge in [0.15, 0.2) is 25.5 Å². The molecule has 1 unspecified atom stereocenters. The van der Waals surface area contributed by atoms with Crippen LogP contribution in [0.1, 0.15) is 166 Å². The molecule has 0 aromatic carbocycles. The number of carbonyl (C=O) groups is 4. The minimum absolute atomic E-state index is 0.0344. The van der Waals surface area contributed by atoms with Crippen molar-refractivity contribution >= 4 is 35.5 Å². The molecule has 0 radical (unpaired) electrons. The number of amides is 2. The zero-order valence-electron chi connectivity index (χ0n) is 57.9. The van der Waals surface area contributed by atoms with Crippen LogP contribution in [0.25, 0.3) is 0 Å². The van der Waals surface area contributed by atoms with Crippen molar-refractivity contribution in [3.63, 3.8) is 0 Å². The first-order valence-electron chi connectivity index (χ1n) is 33.4. The first-order chi connectivity index (χ1) is 43.2. The third-order valence-electron chi connectivity index (χ3n) is 18.1. The number of nitrogens with one attached hydrogen (secondary N) is 3. The molecule has 0 aromatic heterocycles. The molecule has 3 heterocycles. The highest BCUT2D eigenvalue weighted by Crippen LogP contribution is 2.42. The minimum Gasteiger partial charge on any atom is -0.459 e. The van der Waals surface area contributed by atoms with E-state index in [4.69, 9.17) is 61.7 Å². The van der Waals surface area contributed by atoms with Crippen LogP contribution >= 0.6 is 11.8 Å². The number of nitrogens with zero attached hydrogens (tertiary/aromatic N) is 1. The molecular formula is C65H122N4O21S. The number of hydroxylamine groups is 1. The van der Waals surface area contributed by atoms with Gasteiger partial charge in [0.2, 0.25) is 11.8 Å². The lowest BCUT2D eigenvalue weighted by atomic mass is 9.72. The van der Waals surface area contributed by atoms with Crippen LogP contribution in [-0.2, 0) is 80.9 Å². The van der Waals surface area contributed by atoms with E-state index in [2.05, 4.69) is 22.4 Å². The number of carbonyl (C=O) groups excluding carboxylic acids is 4. The summed E-state index contributed by atoms with van der Waals surface area (Å²) in [4.78, 5) is 61.6. The van der Waals surface area contributed by atoms with Crippen molar-refractivity contribution in [2.45, 2.75) is 256 Å². The molecule has 19 atom stereocenters. The second-order valence-corrected chi connectivity index (χ2v) is 27.1. The maximum Gasteiger partial charge on any atom is 0.311 e. The summed E-state index contributed by atoms with van der Waals surface area (Å²) in [6.07, 6.45) is 1.29. The van der Waals surface area contributed by atoms with E-state index >= 15 is 0 Å². The SMILES string of the molecule is CC[C@H]1OC(=O)[C@H](C)[C@@H](O[C@H]2C[C@@](C)(OC)[C@@H](O)[C@H](C)O2)[C@H](C)[C@@H](O[C@@H]2O[C@H](C)C[C@H](N(C)C)[C@H]2OC(=O)CCC(=O)NCCOCCOCCOCCNC(=O)CCCCCCCCCCSC)[C@](C)(O)C[C@@H](C)C(NOCOCCOC)[C@H](C)[C@@H](O)[C@]1(C)O. The number of thioether (sulfide) groups is 1. The third-order valence-corrected chi connectivity index (χ3v) is 18.8. The molecule has 3 fully saturated rings. The number of methoxy groups -OCH3 is 2. The number of hydrogen-bond donors (Lipinski definition) is 7. The van der Waals surface area contributed by atoms with Crippen molar-refractivity contribution in [3.05, 3.63) is 0 Å². The number of cyclic esters (lactones) is 1. The molecule has 534 valence electrons. The van der Waals surface area contributed by atoms with E-state index in [1.54, 1.807) is 55.6 Å². The summed E-state index contributed by atoms with van der Waals surface area (Å²) < 4.78 is 72.6. The number of hydrogen-bond acceptors (Lipinski definition) is 24. The van der Waals surface area contributed by atoms with Crippen molar-refractivity contribution in [1.29, 1.82) is 0 Å². The summed E-state index contributed by atoms with van der Waals surface area (Å²) in [5, 5.41) is 54.5. The minimum atomic E-state index is -2.00. The van der Waals surface area contributed by atoms with Gasteiger partial charge in [-0.2, -0.15) is 17.2 Å². The topological polar surface area (TPSA) is 309 Å². The van der Waals surface area contributed by atoms with Crippen LogP contribution in [0.4, 0.5) is 0 Å². The zero-order chi connectivity index (χ0) is 67.7. The van der Waals surface area contributed by atoms with Crippen LogP contribution in [0.3, 0.4) is 0 Å². The van der Waals surface area contributed by atoms with Gasteiger partial charge in [-0.3, -0.25) is 24.0 Å². The molecule has 0 spiro atoms. The standard InChI is InChI=1S/C65H122N4O21S/c1-16-50-65(10,77)58(73)45(4)55(68-84-42-83-33-32-78-13)43(2)40-63(8,76)60(46(5)56(47(6)61(75)87-50)89-54-41-64(9,79-14)59(74)48(7)86-54)90-62-57(49(69(11)12)39-44(3)85-62)88-53(72)27-26-52(71)67-29-31-81-35-37-82-36-34-80-30-28-66-51(70)25-23-21-19-17-18-20-22-24-38-91-15/h43-50,54-60,62,68,73-74,76-77H,16-42H2,1-15H3,(H,66,70)(H,67,71)/t43-,44-,45+,46+,47-,48+,49+,50-,54+,55?,56+,57-,58-,59+,60-,62+,63-,64-,65-/m1/s1. The number of unbranched alkanes of at least 4 members (excludes halogenated alkanes) is 7. The van der Waals surface area contributed by atoms with Gasteiger partial charge in [0.05, 0.1) is 113 Å². The van der Waals surface area contributed by atoms with Gasteiger partial charge in [-0.15, -0.1) is 0 Å². The van der Waals surface area contributed by atoms with E-state index < -0.39 is 132 Å². The molecule has 3 aliphatic heterocycles. The van der Waals surface area contributed by atoms with Crippen LogP contribution in [0.2, 0.25) is 0 Å². The molecule has 91 heavy (non-hydrogen) atoms. The van der Waals surface area contributed by atoms with Gasteiger partial charge in [0, 0.05) is 64.4 Å². The predicted molar refractivity (Wildman–Crippen MR) is 343 cm³/mol. The summed E-state index contributed by atoms with van der Waals surface area (Å²) in [7, 11) is 6.70. The predicted octanol–water partition coefficient (Wildman–Crippen LogP) is 5.21. The van der Waals surface area contributed by atoms with E-state index in [0.717, 1.165) is 12.8 Å². The second-order valence-electron chi connectivity index (χ2n) is 26.1. The van der Waals surface area contributed by atoms with E-state index in [1.165, 1.54) is 58.3 Å². The van der Waals surface area contributed by atoms with Crippen molar-refractivity contribution in [3.8, 4) is 0 Å². The van der Waals surface area contributed by atoms with Gasteiger partial charge in [-0.25, -0.2) is 0 Å². The number of ether oxygens (including phenoxy) is 12. The Morgan fingerprint density at radius 3 is 1.87 bits per heavy atom. The van der Waals surface area contributed by atoms with Gasteiger partial charge in [0.25, 0.3) is 0 Å². The van der Waals surface area contributed by atoms with Crippen molar-refractivity contribution in [2.75, 3.05) is 113 Å². The molecule has 26 heteroatoms. The maximum atomic E-state index is 14.7. The lowest BCUT2D eigenvalue weighted by Gasteiger charge is -2.50. The smallest absolute Gasteiger partial charge is 0.311 e. The summed E-state index contributed by atoms with van der Waals surface area (Å²) in [5.41, 5.74) is -1.97. The number of aliphatic hydroxyl groups excluding tert-OH is 2. The Labute approximate surface area is 548 Å². The van der Waals surface area contributed by atoms with Crippen LogP contribution in [0.5, 0.6) is 0 Å². The van der Waals surface area contributed by atoms with E-state index in [9.17, 15) is 39.6 Å². The second kappa shape index (κ2) is 43.7. The molecule has 0 bridgehead atoms. The fourth-order valence-corrected chi connectivity index (χ4v) is 13.1. The molecule has 0 aromatic rings. The first-order valence-corrected chi connectivity index (χ1v) is 34.8. The molecule has 3 rings (SSSR count). The zero-order valence-corrected chi connectivity index (χ0v) is 58.7. The monoisotopic (exact) mass is 1330 g/mol. The van der Waals surface area contributed by atoms with E-state index in [1.807, 2.05) is 44.6 Å². The van der Waals surface area contributed by atoms with Gasteiger partial charge >= 0.3 is 11.9 Å². The van der Waals surface area contributed by atoms with Gasteiger partial charge in [-0.05, 0) is 106 Å². The Morgan fingerprint density at radius 1 is 0.703 bits per heavy atom. The molecule has 3 saturated heterocycles. The summed E-state index contributed by atoms with van der Waals surface area (Å²) in [6, 6.07) is -1.27. The molecular weight excluding hydrogens is 1200 g/mol. The molecule has 0 aliphatic carbocycles. The number of likely N-dealkylation sites (N-methyl/N-ethyl adjacent to an activating group) is 1. The average Bonchev–Trinajstić information content (AvgIpc) is 0.800. The van der Waals surface area contributed by atoms with Crippen LogP contribution in [-0.4, -0.2) is 252 Å². The highest BCUT2D eigenvalue weighted by molar-refractivity contribution is 7.98. The van der Waals surface area contributed by atoms with Crippen molar-refractivity contribution in [1.82, 2.24) is 21.0 Å². The normalized spacial score (nSPS) is 33.7. The number of rotatable bonds is 41. The highest BCUT2D eigenvalue weighted by Gasteiger charge is 2.54. The molecule has 25 nitrogen and oxygen atoms in total. The quantitative estimate of drug-likeness (QED) is 0.0179. The lowest BCUT2D eigenvalue weighted by molar-refractivity contribution is -0.319. The lowest BCUT2D eigenvalue weighted by Crippen LogP contribution is -2.62. The third kappa shape index (κ3) is 28.6. The molecule has 3 aliphatic rings. The Morgan fingerprint density at radius 2 is 1.29 bits per heavy atom.